The molecule has 6 nitrogen and oxygen atoms in total. The molecule has 0 saturated heterocycles. The second kappa shape index (κ2) is 10.4. The van der Waals surface area contributed by atoms with Gasteiger partial charge in [-0.2, -0.15) is 0 Å². The SMILES string of the molecule is CCCN(CCC)c1cnc(C(=O)NCCc2cccc(OC)c2)cn1. The molecule has 6 heteroatoms. The third-order valence-corrected chi connectivity index (χ3v) is 4.02. The molecule has 0 bridgehead atoms. The van der Waals surface area contributed by atoms with Crippen LogP contribution in [-0.4, -0.2) is 42.6 Å². The van der Waals surface area contributed by atoms with E-state index in [1.165, 1.54) is 0 Å². The number of hydrogen-bond donors (Lipinski definition) is 1. The normalized spacial score (nSPS) is 10.4. The largest absolute Gasteiger partial charge is 0.497 e. The maximum Gasteiger partial charge on any atom is 0.271 e. The van der Waals surface area contributed by atoms with Gasteiger partial charge in [-0.25, -0.2) is 9.97 Å². The number of carbonyl (C=O) groups is 1. The molecule has 0 saturated carbocycles. The molecule has 1 heterocycles. The topological polar surface area (TPSA) is 67.4 Å². The average Bonchev–Trinajstić information content (AvgIpc) is 2.68. The highest BCUT2D eigenvalue weighted by Crippen LogP contribution is 2.13. The Morgan fingerprint density at radius 1 is 1.15 bits per heavy atom. The van der Waals surface area contributed by atoms with Crippen LogP contribution in [0.5, 0.6) is 5.75 Å². The number of methoxy groups -OCH3 is 1. The van der Waals surface area contributed by atoms with Gasteiger partial charge in [0.2, 0.25) is 0 Å². The predicted octanol–water partition coefficient (Wildman–Crippen LogP) is 3.08. The van der Waals surface area contributed by atoms with Crippen molar-refractivity contribution in [2.24, 2.45) is 0 Å². The molecule has 1 aromatic carbocycles. The number of anilines is 1. The van der Waals surface area contributed by atoms with Crippen molar-refractivity contribution in [3.8, 4) is 5.75 Å². The number of amides is 1. The van der Waals surface area contributed by atoms with E-state index >= 15 is 0 Å². The van der Waals surface area contributed by atoms with Gasteiger partial charge in [0.15, 0.2) is 0 Å². The molecule has 0 unspecified atom stereocenters. The highest BCUT2D eigenvalue weighted by atomic mass is 16.5. The van der Waals surface area contributed by atoms with Gasteiger partial charge in [0.1, 0.15) is 17.3 Å². The van der Waals surface area contributed by atoms with Crippen molar-refractivity contribution < 1.29 is 9.53 Å². The van der Waals surface area contributed by atoms with Crippen molar-refractivity contribution in [2.45, 2.75) is 33.1 Å². The quantitative estimate of drug-likeness (QED) is 0.708. The predicted molar refractivity (Wildman–Crippen MR) is 104 cm³/mol. The summed E-state index contributed by atoms with van der Waals surface area (Å²) in [5, 5.41) is 2.89. The summed E-state index contributed by atoms with van der Waals surface area (Å²) in [6.45, 7) is 6.69. The zero-order valence-electron chi connectivity index (χ0n) is 15.9. The van der Waals surface area contributed by atoms with E-state index < -0.39 is 0 Å². The summed E-state index contributed by atoms with van der Waals surface area (Å²) in [6.07, 6.45) is 6.06. The maximum absolute atomic E-state index is 12.2. The van der Waals surface area contributed by atoms with E-state index in [0.717, 1.165) is 49.5 Å². The first kappa shape index (κ1) is 19.7. The number of carbonyl (C=O) groups excluding carboxylic acids is 1. The minimum absolute atomic E-state index is 0.204. The number of benzene rings is 1. The summed E-state index contributed by atoms with van der Waals surface area (Å²) in [5.41, 5.74) is 1.45. The number of rotatable bonds is 10. The van der Waals surface area contributed by atoms with E-state index in [1.54, 1.807) is 19.5 Å². The Hall–Kier alpha value is -2.63. The Labute approximate surface area is 155 Å². The standard InChI is InChI=1S/C20H28N4O2/c1-4-11-24(12-5-2)19-15-22-18(14-23-19)20(25)21-10-9-16-7-6-8-17(13-16)26-3/h6-8,13-15H,4-5,9-12H2,1-3H3,(H,21,25). The van der Waals surface area contributed by atoms with Crippen LogP contribution in [0, 0.1) is 0 Å². The van der Waals surface area contributed by atoms with E-state index in [2.05, 4.69) is 34.0 Å². The minimum Gasteiger partial charge on any atom is -0.497 e. The van der Waals surface area contributed by atoms with Gasteiger partial charge in [-0.3, -0.25) is 4.79 Å². The lowest BCUT2D eigenvalue weighted by Gasteiger charge is -2.22. The zero-order valence-corrected chi connectivity index (χ0v) is 15.9. The Bertz CT molecular complexity index is 682. The van der Waals surface area contributed by atoms with Crippen LogP contribution >= 0.6 is 0 Å². The van der Waals surface area contributed by atoms with Crippen LogP contribution in [-0.2, 0) is 6.42 Å². The molecular formula is C20H28N4O2. The van der Waals surface area contributed by atoms with Gasteiger partial charge in [0, 0.05) is 19.6 Å². The fourth-order valence-electron chi connectivity index (χ4n) is 2.72. The third kappa shape index (κ3) is 5.72. The lowest BCUT2D eigenvalue weighted by Crippen LogP contribution is -2.28. The van der Waals surface area contributed by atoms with Crippen LogP contribution < -0.4 is 15.0 Å². The van der Waals surface area contributed by atoms with Crippen molar-refractivity contribution in [3.05, 3.63) is 47.9 Å². The third-order valence-electron chi connectivity index (χ3n) is 4.02. The van der Waals surface area contributed by atoms with E-state index in [1.807, 2.05) is 24.3 Å². The number of nitrogens with zero attached hydrogens (tertiary/aromatic N) is 3. The first-order valence-corrected chi connectivity index (χ1v) is 9.16. The number of ether oxygens (including phenoxy) is 1. The van der Waals surface area contributed by atoms with Crippen molar-refractivity contribution in [3.63, 3.8) is 0 Å². The number of nitrogens with one attached hydrogen (secondary N) is 1. The monoisotopic (exact) mass is 356 g/mol. The molecule has 2 aromatic rings. The molecule has 1 N–H and O–H groups in total. The van der Waals surface area contributed by atoms with E-state index in [9.17, 15) is 4.79 Å². The molecule has 0 aliphatic carbocycles. The minimum atomic E-state index is -0.204. The molecule has 0 spiro atoms. The first-order valence-electron chi connectivity index (χ1n) is 9.16. The lowest BCUT2D eigenvalue weighted by atomic mass is 10.1. The molecule has 0 atom stereocenters. The Morgan fingerprint density at radius 3 is 2.54 bits per heavy atom. The van der Waals surface area contributed by atoms with Crippen molar-refractivity contribution in [1.82, 2.24) is 15.3 Å². The molecule has 140 valence electrons. The summed E-state index contributed by atoms with van der Waals surface area (Å²) in [7, 11) is 1.64. The van der Waals surface area contributed by atoms with Crippen LogP contribution in [0.4, 0.5) is 5.82 Å². The molecule has 1 aromatic heterocycles. The summed E-state index contributed by atoms with van der Waals surface area (Å²) < 4.78 is 5.21. The molecule has 0 radical (unpaired) electrons. The van der Waals surface area contributed by atoms with Crippen LogP contribution in [0.2, 0.25) is 0 Å². The van der Waals surface area contributed by atoms with E-state index in [4.69, 9.17) is 4.74 Å². The molecule has 26 heavy (non-hydrogen) atoms. The molecule has 1 amide bonds. The Kier molecular flexibility index (Phi) is 7.86. The van der Waals surface area contributed by atoms with Crippen molar-refractivity contribution in [2.75, 3.05) is 31.6 Å². The maximum atomic E-state index is 12.2. The zero-order chi connectivity index (χ0) is 18.8. The smallest absolute Gasteiger partial charge is 0.271 e. The van der Waals surface area contributed by atoms with Crippen LogP contribution in [0.25, 0.3) is 0 Å². The second-order valence-electron chi connectivity index (χ2n) is 6.10. The van der Waals surface area contributed by atoms with Crippen LogP contribution in [0.3, 0.4) is 0 Å². The Balaban J connectivity index is 1.88. The van der Waals surface area contributed by atoms with Gasteiger partial charge in [-0.1, -0.05) is 26.0 Å². The molecule has 0 fully saturated rings. The van der Waals surface area contributed by atoms with E-state index in [0.29, 0.717) is 12.2 Å². The molecule has 0 aliphatic heterocycles. The van der Waals surface area contributed by atoms with Crippen molar-refractivity contribution >= 4 is 11.7 Å². The van der Waals surface area contributed by atoms with E-state index in [-0.39, 0.29) is 5.91 Å². The van der Waals surface area contributed by atoms with Gasteiger partial charge in [-0.05, 0) is 37.0 Å². The first-order chi connectivity index (χ1) is 12.7. The number of hydrogen-bond acceptors (Lipinski definition) is 5. The van der Waals surface area contributed by atoms with Gasteiger partial charge in [0.25, 0.3) is 5.91 Å². The summed E-state index contributed by atoms with van der Waals surface area (Å²) in [4.78, 5) is 23.1. The fraction of sp³-hybridized carbons (Fsp3) is 0.450. The average molecular weight is 356 g/mol. The summed E-state index contributed by atoms with van der Waals surface area (Å²) in [6, 6.07) is 7.83. The summed E-state index contributed by atoms with van der Waals surface area (Å²) in [5.74, 6) is 1.44. The van der Waals surface area contributed by atoms with Crippen LogP contribution in [0.15, 0.2) is 36.7 Å². The highest BCUT2D eigenvalue weighted by molar-refractivity contribution is 5.92. The van der Waals surface area contributed by atoms with Gasteiger partial charge < -0.3 is 15.0 Å². The lowest BCUT2D eigenvalue weighted by molar-refractivity contribution is 0.0949. The van der Waals surface area contributed by atoms with Gasteiger partial charge in [-0.15, -0.1) is 0 Å². The molecular weight excluding hydrogens is 328 g/mol. The Morgan fingerprint density at radius 2 is 1.92 bits per heavy atom. The van der Waals surface area contributed by atoms with Crippen LogP contribution in [0.1, 0.15) is 42.7 Å². The highest BCUT2D eigenvalue weighted by Gasteiger charge is 2.10. The van der Waals surface area contributed by atoms with Crippen molar-refractivity contribution in [1.29, 1.82) is 0 Å². The van der Waals surface area contributed by atoms with Gasteiger partial charge in [0.05, 0.1) is 19.5 Å². The molecule has 0 aliphatic rings. The molecule has 2 rings (SSSR count). The fourth-order valence-corrected chi connectivity index (χ4v) is 2.72. The van der Waals surface area contributed by atoms with Gasteiger partial charge >= 0.3 is 0 Å². The second-order valence-corrected chi connectivity index (χ2v) is 6.10. The number of aromatic nitrogens is 2. The summed E-state index contributed by atoms with van der Waals surface area (Å²) >= 11 is 0.